The first-order chi connectivity index (χ1) is 12.0. The van der Waals surface area contributed by atoms with Gasteiger partial charge in [-0.2, -0.15) is 0 Å². The van der Waals surface area contributed by atoms with E-state index in [0.717, 1.165) is 38.8 Å². The fourth-order valence-electron chi connectivity index (χ4n) is 3.31. The highest BCUT2D eigenvalue weighted by Gasteiger charge is 2.38. The van der Waals surface area contributed by atoms with Gasteiger partial charge in [-0.1, -0.05) is 26.7 Å². The average Bonchev–Trinajstić information content (AvgIpc) is 2.86. The van der Waals surface area contributed by atoms with Crippen LogP contribution in [0, 0.1) is 5.92 Å². The number of likely N-dealkylation sites (tertiary alicyclic amines) is 1. The highest BCUT2D eigenvalue weighted by Crippen LogP contribution is 2.34. The Labute approximate surface area is 148 Å². The molecule has 7 nitrogen and oxygen atoms in total. The van der Waals surface area contributed by atoms with E-state index in [9.17, 15) is 9.59 Å². The lowest BCUT2D eigenvalue weighted by Gasteiger charge is -2.35. The maximum absolute atomic E-state index is 12.9. The van der Waals surface area contributed by atoms with Crippen molar-refractivity contribution in [1.29, 1.82) is 0 Å². The summed E-state index contributed by atoms with van der Waals surface area (Å²) in [7, 11) is 0. The van der Waals surface area contributed by atoms with E-state index in [1.165, 1.54) is 4.90 Å². The number of amides is 2. The molecule has 3 heterocycles. The lowest BCUT2D eigenvalue weighted by molar-refractivity contribution is -0.134. The van der Waals surface area contributed by atoms with Gasteiger partial charge >= 0.3 is 0 Å². The molecule has 25 heavy (non-hydrogen) atoms. The molecule has 1 atom stereocenters. The number of hydrogen-bond donors (Lipinski definition) is 1. The van der Waals surface area contributed by atoms with E-state index in [1.54, 1.807) is 12.1 Å². The second kappa shape index (κ2) is 7.29. The molecule has 0 radical (unpaired) electrons. The molecular weight excluding hydrogens is 320 g/mol. The summed E-state index contributed by atoms with van der Waals surface area (Å²) < 4.78 is 5.80. The van der Waals surface area contributed by atoms with Crippen LogP contribution in [-0.2, 0) is 9.59 Å². The van der Waals surface area contributed by atoms with Crippen LogP contribution in [0.3, 0.4) is 0 Å². The molecule has 136 valence electrons. The Morgan fingerprint density at radius 1 is 1.28 bits per heavy atom. The molecule has 0 spiro atoms. The average molecular weight is 346 g/mol. The summed E-state index contributed by atoms with van der Waals surface area (Å²) in [5.41, 5.74) is 5.78. The molecule has 1 aromatic rings. The fourth-order valence-corrected chi connectivity index (χ4v) is 3.31. The molecule has 2 amide bonds. The molecule has 0 bridgehead atoms. The van der Waals surface area contributed by atoms with E-state index < -0.39 is 6.10 Å². The minimum Gasteiger partial charge on any atom is -0.476 e. The zero-order valence-electron chi connectivity index (χ0n) is 14.9. The van der Waals surface area contributed by atoms with Crippen molar-refractivity contribution in [3.05, 3.63) is 12.1 Å². The Balaban J connectivity index is 1.86. The zero-order valence-corrected chi connectivity index (χ0v) is 14.9. The molecule has 0 saturated carbocycles. The summed E-state index contributed by atoms with van der Waals surface area (Å²) in [5.74, 6) is 0.846. The third-order valence-corrected chi connectivity index (χ3v) is 4.74. The number of anilines is 2. The smallest absolute Gasteiger partial charge is 0.270 e. The van der Waals surface area contributed by atoms with Gasteiger partial charge < -0.3 is 15.4 Å². The summed E-state index contributed by atoms with van der Waals surface area (Å²) in [6.07, 6.45) is 3.71. The molecule has 1 saturated heterocycles. The third-order valence-electron chi connectivity index (χ3n) is 4.74. The number of pyridine rings is 1. The number of ether oxygens (including phenoxy) is 1. The standard InChI is InChI=1S/C18H26N4O3/c1-12(2)16-18(24)22(17-13(25-16)7-8-14(19)20-17)11-15(23)21-9-5-3-4-6-10-21/h7-8,12,16H,3-6,9-11H2,1-2H3,(H2,19,20). The van der Waals surface area contributed by atoms with Crippen LogP contribution in [0.1, 0.15) is 39.5 Å². The summed E-state index contributed by atoms with van der Waals surface area (Å²) in [6, 6.07) is 3.35. The van der Waals surface area contributed by atoms with Crippen LogP contribution in [0.25, 0.3) is 0 Å². The summed E-state index contributed by atoms with van der Waals surface area (Å²) in [5, 5.41) is 0. The molecule has 1 unspecified atom stereocenters. The van der Waals surface area contributed by atoms with Crippen molar-refractivity contribution in [3.63, 3.8) is 0 Å². The fraction of sp³-hybridized carbons (Fsp3) is 0.611. The molecule has 2 aliphatic rings. The number of nitrogens with zero attached hydrogens (tertiary/aromatic N) is 3. The minimum atomic E-state index is -0.616. The largest absolute Gasteiger partial charge is 0.476 e. The Morgan fingerprint density at radius 2 is 1.96 bits per heavy atom. The Kier molecular flexibility index (Phi) is 5.11. The van der Waals surface area contributed by atoms with Crippen molar-refractivity contribution in [2.75, 3.05) is 30.3 Å². The first-order valence-electron chi connectivity index (χ1n) is 8.99. The topological polar surface area (TPSA) is 88.8 Å². The van der Waals surface area contributed by atoms with Crippen LogP contribution in [0.15, 0.2) is 12.1 Å². The van der Waals surface area contributed by atoms with Crippen molar-refractivity contribution < 1.29 is 14.3 Å². The van der Waals surface area contributed by atoms with E-state index in [4.69, 9.17) is 10.5 Å². The van der Waals surface area contributed by atoms with Gasteiger partial charge in [0, 0.05) is 13.1 Å². The van der Waals surface area contributed by atoms with Crippen molar-refractivity contribution in [2.24, 2.45) is 5.92 Å². The van der Waals surface area contributed by atoms with Crippen LogP contribution in [0.5, 0.6) is 5.75 Å². The van der Waals surface area contributed by atoms with Gasteiger partial charge in [-0.3, -0.25) is 14.5 Å². The van der Waals surface area contributed by atoms with Crippen molar-refractivity contribution in [3.8, 4) is 5.75 Å². The number of nitrogens with two attached hydrogens (primary N) is 1. The Morgan fingerprint density at radius 3 is 2.60 bits per heavy atom. The predicted octanol–water partition coefficient (Wildman–Crippen LogP) is 1.82. The van der Waals surface area contributed by atoms with Crippen LogP contribution >= 0.6 is 0 Å². The van der Waals surface area contributed by atoms with Crippen LogP contribution < -0.4 is 15.4 Å². The van der Waals surface area contributed by atoms with Crippen LogP contribution in [0.4, 0.5) is 11.6 Å². The highest BCUT2D eigenvalue weighted by molar-refractivity contribution is 6.03. The minimum absolute atomic E-state index is 0.00556. The quantitative estimate of drug-likeness (QED) is 0.902. The van der Waals surface area contributed by atoms with Crippen molar-refractivity contribution in [1.82, 2.24) is 9.88 Å². The molecule has 1 aromatic heterocycles. The summed E-state index contributed by atoms with van der Waals surface area (Å²) >= 11 is 0. The van der Waals surface area contributed by atoms with Gasteiger partial charge in [0.25, 0.3) is 5.91 Å². The van der Waals surface area contributed by atoms with Crippen molar-refractivity contribution in [2.45, 2.75) is 45.6 Å². The van der Waals surface area contributed by atoms with Gasteiger partial charge in [0.15, 0.2) is 17.7 Å². The van der Waals surface area contributed by atoms with Gasteiger partial charge in [0.2, 0.25) is 5.91 Å². The number of hydrogen-bond acceptors (Lipinski definition) is 5. The molecule has 0 aliphatic carbocycles. The zero-order chi connectivity index (χ0) is 18.0. The number of nitrogen functional groups attached to an aromatic ring is 1. The second-order valence-electron chi connectivity index (χ2n) is 7.06. The summed E-state index contributed by atoms with van der Waals surface area (Å²) in [4.78, 5) is 33.2. The first kappa shape index (κ1) is 17.5. The number of carbonyl (C=O) groups excluding carboxylic acids is 2. The SMILES string of the molecule is CC(C)C1Oc2ccc(N)nc2N(CC(=O)N2CCCCCC2)C1=O. The third kappa shape index (κ3) is 3.70. The summed E-state index contributed by atoms with van der Waals surface area (Å²) in [6.45, 7) is 5.33. The van der Waals surface area contributed by atoms with E-state index in [2.05, 4.69) is 4.98 Å². The van der Waals surface area contributed by atoms with E-state index >= 15 is 0 Å². The van der Waals surface area contributed by atoms with Crippen molar-refractivity contribution >= 4 is 23.5 Å². The van der Waals surface area contributed by atoms with Gasteiger partial charge in [0.05, 0.1) is 0 Å². The molecular formula is C18H26N4O3. The van der Waals surface area contributed by atoms with E-state index in [0.29, 0.717) is 17.4 Å². The molecule has 2 aliphatic heterocycles. The molecule has 2 N–H and O–H groups in total. The Hall–Kier alpha value is -2.31. The predicted molar refractivity (Wildman–Crippen MR) is 95.3 cm³/mol. The van der Waals surface area contributed by atoms with Gasteiger partial charge in [0.1, 0.15) is 12.4 Å². The number of aromatic nitrogens is 1. The number of carbonyl (C=O) groups is 2. The Bertz CT molecular complexity index is 654. The second-order valence-corrected chi connectivity index (χ2v) is 7.06. The van der Waals surface area contributed by atoms with Crippen LogP contribution in [0.2, 0.25) is 0 Å². The van der Waals surface area contributed by atoms with Gasteiger partial charge in [-0.05, 0) is 30.9 Å². The first-order valence-corrected chi connectivity index (χ1v) is 8.99. The van der Waals surface area contributed by atoms with Crippen LogP contribution in [-0.4, -0.2) is 47.4 Å². The number of rotatable bonds is 3. The van der Waals surface area contributed by atoms with E-state index in [1.807, 2.05) is 18.7 Å². The lowest BCUT2D eigenvalue weighted by Crippen LogP contribution is -2.52. The maximum atomic E-state index is 12.9. The van der Waals surface area contributed by atoms with Gasteiger partial charge in [-0.15, -0.1) is 0 Å². The molecule has 1 fully saturated rings. The molecule has 7 heteroatoms. The van der Waals surface area contributed by atoms with E-state index in [-0.39, 0.29) is 24.3 Å². The normalized spacial score (nSPS) is 20.9. The highest BCUT2D eigenvalue weighted by atomic mass is 16.5. The molecule has 3 rings (SSSR count). The lowest BCUT2D eigenvalue weighted by atomic mass is 10.0. The number of fused-ring (bicyclic) bond motifs is 1. The maximum Gasteiger partial charge on any atom is 0.270 e. The molecule has 0 aromatic carbocycles. The van der Waals surface area contributed by atoms with Gasteiger partial charge in [-0.25, -0.2) is 4.98 Å². The monoisotopic (exact) mass is 346 g/mol.